The number of likely N-dealkylation sites (tertiary alicyclic amines) is 1. The molecule has 0 radical (unpaired) electrons. The highest BCUT2D eigenvalue weighted by Gasteiger charge is 2.22. The number of aryl methyl sites for hydroxylation is 3. The Morgan fingerprint density at radius 2 is 1.61 bits per heavy atom. The molecule has 1 fully saturated rings. The maximum atomic E-state index is 12.8. The molecule has 3 aromatic carbocycles. The number of benzene rings is 3. The number of fused-ring (bicyclic) bond motifs is 2. The molecule has 2 aliphatic heterocycles. The Bertz CT molecular complexity index is 1620. The van der Waals surface area contributed by atoms with E-state index >= 15 is 0 Å². The number of nitrogens with zero attached hydrogens (tertiary/aromatic N) is 3. The van der Waals surface area contributed by atoms with Crippen molar-refractivity contribution in [3.05, 3.63) is 95.2 Å². The summed E-state index contributed by atoms with van der Waals surface area (Å²) < 4.78 is 0. The van der Waals surface area contributed by atoms with Gasteiger partial charge in [-0.15, -0.1) is 0 Å². The van der Waals surface area contributed by atoms with Gasteiger partial charge in [0.1, 0.15) is 5.75 Å². The molecule has 3 heterocycles. The van der Waals surface area contributed by atoms with Gasteiger partial charge in [-0.05, 0) is 128 Å². The number of phenolic OH excluding ortho intramolecular Hbond substituents is 1. The Labute approximate surface area is 305 Å². The second-order valence-electron chi connectivity index (χ2n) is 13.4. The molecule has 0 aliphatic carbocycles. The lowest BCUT2D eigenvalue weighted by Crippen LogP contribution is -2.35. The Balaban J connectivity index is 0.000000278. The van der Waals surface area contributed by atoms with E-state index < -0.39 is 0 Å². The van der Waals surface area contributed by atoms with Crippen molar-refractivity contribution < 1.29 is 19.5 Å². The number of nitrogens with two attached hydrogens (primary N) is 1. The molecule has 51 heavy (non-hydrogen) atoms. The fourth-order valence-electron chi connectivity index (χ4n) is 5.98. The number of piperidine rings is 1. The second kappa shape index (κ2) is 23.1. The number of hydrogen-bond donors (Lipinski definition) is 3. The monoisotopic (exact) mass is 699 g/mol. The lowest BCUT2D eigenvalue weighted by atomic mass is 9.92. The molecule has 0 bridgehead atoms. The third-order valence-corrected chi connectivity index (χ3v) is 8.64. The van der Waals surface area contributed by atoms with Crippen LogP contribution in [0.1, 0.15) is 79.4 Å². The van der Waals surface area contributed by atoms with Crippen molar-refractivity contribution in [3.63, 3.8) is 0 Å². The summed E-state index contributed by atoms with van der Waals surface area (Å²) >= 11 is 0. The average molecular weight is 700 g/mol. The quantitative estimate of drug-likeness (QED) is 0.173. The molecule has 0 atom stereocenters. The maximum Gasteiger partial charge on any atom is 0.227 e. The lowest BCUT2D eigenvalue weighted by molar-refractivity contribution is -0.119. The van der Waals surface area contributed by atoms with E-state index in [1.54, 1.807) is 18.2 Å². The van der Waals surface area contributed by atoms with Crippen molar-refractivity contribution in [1.29, 1.82) is 0 Å². The van der Waals surface area contributed by atoms with Gasteiger partial charge >= 0.3 is 0 Å². The molecular formula is C42H61N5O4. The number of nitrogens with one attached hydrogen (secondary N) is 1. The Morgan fingerprint density at radius 1 is 0.961 bits per heavy atom. The van der Waals surface area contributed by atoms with Crippen molar-refractivity contribution in [1.82, 2.24) is 14.8 Å². The highest BCUT2D eigenvalue weighted by Crippen LogP contribution is 2.29. The van der Waals surface area contributed by atoms with Crippen LogP contribution < -0.4 is 10.6 Å². The number of aromatic nitrogens is 1. The summed E-state index contributed by atoms with van der Waals surface area (Å²) in [7, 11) is 8.14. The number of anilines is 1. The summed E-state index contributed by atoms with van der Waals surface area (Å²) in [6.45, 7) is 9.29. The van der Waals surface area contributed by atoms with Crippen LogP contribution >= 0.6 is 0 Å². The minimum Gasteiger partial charge on any atom is -0.507 e. The SMILES string of the molecule is CC.CN(C)C.CN1CCC(CCC(N)=O)CC1.Cc1ccc2c(c1)CCCN2C(=O)CCc1c[nH]c2ccccc12.O=Cc1ccccc1O. The van der Waals surface area contributed by atoms with Crippen molar-refractivity contribution in [2.45, 2.75) is 72.1 Å². The first-order valence-corrected chi connectivity index (χ1v) is 18.2. The van der Waals surface area contributed by atoms with Gasteiger partial charge in [0, 0.05) is 42.2 Å². The number of primary amides is 1. The number of H-pyrrole nitrogens is 1. The maximum absolute atomic E-state index is 12.8. The van der Waals surface area contributed by atoms with Crippen molar-refractivity contribution in [2.24, 2.45) is 11.7 Å². The van der Waals surface area contributed by atoms with E-state index in [4.69, 9.17) is 10.8 Å². The molecule has 1 aromatic heterocycles. The standard InChI is InChI=1S/C21H22N2O.C9H18N2O.C7H6O2.C3H9N.C2H6/c1-15-8-10-20-16(13-15)5-4-12-23(20)21(24)11-9-17-14-22-19-7-3-2-6-18(17)19;1-11-6-4-8(5-7-11)2-3-9(10)12;8-5-6-3-1-2-4-7(6)9;1-4(2)3;1-2/h2-3,6-8,10,13-14,22H,4-5,9,11-12H2,1H3;8H,2-7H2,1H3,(H2,10,12);1-5,9H;1-3H3;1-2H3. The zero-order valence-corrected chi connectivity index (χ0v) is 32.0. The summed E-state index contributed by atoms with van der Waals surface area (Å²) in [4.78, 5) is 43.0. The van der Waals surface area contributed by atoms with Crippen LogP contribution in [0.2, 0.25) is 0 Å². The van der Waals surface area contributed by atoms with Crippen molar-refractivity contribution in [3.8, 4) is 5.75 Å². The first-order chi connectivity index (χ1) is 24.5. The topological polar surface area (TPSA) is 123 Å². The van der Waals surface area contributed by atoms with Crippen molar-refractivity contribution >= 4 is 34.7 Å². The number of aromatic amines is 1. The zero-order chi connectivity index (χ0) is 37.8. The molecule has 0 unspecified atom stereocenters. The number of hydrogen-bond acceptors (Lipinski definition) is 6. The number of rotatable bonds is 7. The number of carbonyl (C=O) groups excluding carboxylic acids is 3. The normalized spacial score (nSPS) is 13.9. The van der Waals surface area contributed by atoms with Gasteiger partial charge in [-0.1, -0.05) is 61.9 Å². The molecule has 2 amide bonds. The minimum atomic E-state index is -0.158. The summed E-state index contributed by atoms with van der Waals surface area (Å²) in [6.07, 6.45) is 10.1. The van der Waals surface area contributed by atoms with Crippen LogP contribution in [-0.2, 0) is 22.4 Å². The number of amides is 2. The number of carbonyl (C=O) groups is 3. The molecule has 9 heteroatoms. The zero-order valence-electron chi connectivity index (χ0n) is 32.0. The van der Waals surface area contributed by atoms with Gasteiger partial charge in [0.15, 0.2) is 6.29 Å². The highest BCUT2D eigenvalue weighted by molar-refractivity contribution is 5.95. The number of para-hydroxylation sites is 2. The van der Waals surface area contributed by atoms with E-state index in [1.165, 1.54) is 54.1 Å². The Morgan fingerprint density at radius 3 is 2.24 bits per heavy atom. The highest BCUT2D eigenvalue weighted by atomic mass is 16.3. The third-order valence-electron chi connectivity index (χ3n) is 8.64. The lowest BCUT2D eigenvalue weighted by Gasteiger charge is -2.30. The first-order valence-electron chi connectivity index (χ1n) is 18.2. The van der Waals surface area contributed by atoms with Crippen LogP contribution in [0.15, 0.2) is 72.9 Å². The number of phenols is 1. The summed E-state index contributed by atoms with van der Waals surface area (Å²) in [6, 6.07) is 21.1. The van der Waals surface area contributed by atoms with Gasteiger partial charge in [0.25, 0.3) is 0 Å². The van der Waals surface area contributed by atoms with Crippen LogP contribution in [0.3, 0.4) is 0 Å². The predicted molar refractivity (Wildman–Crippen MR) is 212 cm³/mol. The van der Waals surface area contributed by atoms with E-state index in [-0.39, 0.29) is 17.6 Å². The van der Waals surface area contributed by atoms with Gasteiger partial charge in [0.2, 0.25) is 11.8 Å². The van der Waals surface area contributed by atoms with Gasteiger partial charge < -0.3 is 30.5 Å². The largest absolute Gasteiger partial charge is 0.507 e. The van der Waals surface area contributed by atoms with Gasteiger partial charge in [-0.3, -0.25) is 14.4 Å². The molecule has 0 saturated carbocycles. The van der Waals surface area contributed by atoms with Gasteiger partial charge in [-0.2, -0.15) is 0 Å². The number of aldehydes is 1. The van der Waals surface area contributed by atoms with E-state index in [0.29, 0.717) is 24.7 Å². The first kappa shape index (κ1) is 42.7. The minimum absolute atomic E-state index is 0.0347. The molecule has 6 rings (SSSR count). The molecular weight excluding hydrogens is 638 g/mol. The molecule has 2 aliphatic rings. The fourth-order valence-corrected chi connectivity index (χ4v) is 5.98. The molecule has 278 valence electrons. The van der Waals surface area contributed by atoms with E-state index in [9.17, 15) is 14.4 Å². The summed E-state index contributed by atoms with van der Waals surface area (Å²) in [5.74, 6) is 0.834. The van der Waals surface area contributed by atoms with Gasteiger partial charge in [-0.25, -0.2) is 0 Å². The molecule has 4 N–H and O–H groups in total. The molecule has 4 aromatic rings. The van der Waals surface area contributed by atoms with Crippen LogP contribution in [0, 0.1) is 12.8 Å². The van der Waals surface area contributed by atoms with E-state index in [0.717, 1.165) is 49.4 Å². The van der Waals surface area contributed by atoms with Crippen LogP contribution in [0.5, 0.6) is 5.75 Å². The third kappa shape index (κ3) is 15.1. The second-order valence-corrected chi connectivity index (χ2v) is 13.4. The fraction of sp³-hybridized carbons (Fsp3) is 0.452. The Kier molecular flexibility index (Phi) is 19.3. The summed E-state index contributed by atoms with van der Waals surface area (Å²) in [5, 5.41) is 10.1. The van der Waals surface area contributed by atoms with Crippen LogP contribution in [-0.4, -0.2) is 85.8 Å². The van der Waals surface area contributed by atoms with E-state index in [1.807, 2.05) is 63.1 Å². The molecule has 0 spiro atoms. The molecule has 9 nitrogen and oxygen atoms in total. The number of aromatic hydroxyl groups is 1. The van der Waals surface area contributed by atoms with Crippen LogP contribution in [0.25, 0.3) is 10.9 Å². The average Bonchev–Trinajstić information content (AvgIpc) is 3.54. The predicted octanol–water partition coefficient (Wildman–Crippen LogP) is 7.39. The van der Waals surface area contributed by atoms with Crippen molar-refractivity contribution in [2.75, 3.05) is 52.7 Å². The van der Waals surface area contributed by atoms with Gasteiger partial charge in [0.05, 0.1) is 5.56 Å². The summed E-state index contributed by atoms with van der Waals surface area (Å²) in [5.41, 5.74) is 11.5. The van der Waals surface area contributed by atoms with E-state index in [2.05, 4.69) is 54.2 Å². The Hall–Kier alpha value is -4.47. The molecule has 1 saturated heterocycles. The van der Waals surface area contributed by atoms with Crippen LogP contribution in [0.4, 0.5) is 5.69 Å². The smallest absolute Gasteiger partial charge is 0.227 e.